The van der Waals surface area contributed by atoms with Gasteiger partial charge in [-0.15, -0.1) is 0 Å². The molecule has 7 nitrogen and oxygen atoms in total. The van der Waals surface area contributed by atoms with Gasteiger partial charge >= 0.3 is 17.8 Å². The fraction of sp³-hybridized carbons (Fsp3) is 0.227. The van der Waals surface area contributed by atoms with Gasteiger partial charge in [0.05, 0.1) is 24.4 Å². The van der Waals surface area contributed by atoms with Crippen molar-refractivity contribution in [3.63, 3.8) is 0 Å². The molecule has 3 aromatic rings. The van der Waals surface area contributed by atoms with E-state index in [1.54, 1.807) is 6.92 Å². The predicted molar refractivity (Wildman–Crippen MR) is 115 cm³/mol. The van der Waals surface area contributed by atoms with Crippen molar-refractivity contribution >= 4 is 16.8 Å². The normalized spacial score (nSPS) is 12.4. The molecule has 1 atom stereocenters. The molecule has 174 valence electrons. The van der Waals surface area contributed by atoms with E-state index in [-0.39, 0.29) is 17.9 Å². The third-order valence-electron chi connectivity index (χ3n) is 4.71. The van der Waals surface area contributed by atoms with E-state index in [1.807, 2.05) is 0 Å². The number of halogens is 3. The Morgan fingerprint density at radius 2 is 1.76 bits per heavy atom. The third kappa shape index (κ3) is 5.30. The van der Waals surface area contributed by atoms with E-state index >= 15 is 0 Å². The van der Waals surface area contributed by atoms with Crippen LogP contribution in [-0.2, 0) is 28.3 Å². The predicted octanol–water partition coefficient (Wildman–Crippen LogP) is 2.98. The first-order valence-corrected chi connectivity index (χ1v) is 11.2. The van der Waals surface area contributed by atoms with Crippen LogP contribution in [0.4, 0.5) is 13.2 Å². The fourth-order valence-corrected chi connectivity index (χ4v) is 3.62. The summed E-state index contributed by atoms with van der Waals surface area (Å²) in [5.74, 6) is -0.972. The highest BCUT2D eigenvalue weighted by molar-refractivity contribution is 7.84. The number of hydrogen-bond donors (Lipinski definition) is 0. The summed E-state index contributed by atoms with van der Waals surface area (Å²) in [5.41, 5.74) is -2.93. The second-order valence-corrected chi connectivity index (χ2v) is 8.33. The van der Waals surface area contributed by atoms with Gasteiger partial charge < -0.3 is 4.74 Å². The molecule has 0 aliphatic heterocycles. The van der Waals surface area contributed by atoms with Crippen LogP contribution < -0.4 is 11.2 Å². The molecular weight excluding hydrogens is 461 g/mol. The van der Waals surface area contributed by atoms with Crippen LogP contribution in [0.1, 0.15) is 28.4 Å². The molecule has 0 aliphatic carbocycles. The largest absolute Gasteiger partial charge is 0.462 e. The van der Waals surface area contributed by atoms with Crippen molar-refractivity contribution in [2.75, 3.05) is 12.9 Å². The number of rotatable bonds is 6. The smallest absolute Gasteiger partial charge is 0.416 e. The molecule has 0 aliphatic rings. The summed E-state index contributed by atoms with van der Waals surface area (Å²) >= 11 is 0. The first-order valence-electron chi connectivity index (χ1n) is 9.66. The number of alkyl halides is 3. The number of carbonyl (C=O) groups is 1. The zero-order valence-corrected chi connectivity index (χ0v) is 18.4. The molecule has 11 heteroatoms. The molecule has 2 aromatic carbocycles. The lowest BCUT2D eigenvalue weighted by Crippen LogP contribution is -2.42. The molecule has 33 heavy (non-hydrogen) atoms. The third-order valence-corrected chi connectivity index (χ3v) is 5.64. The standard InChI is InChI=1S/C22H19F3N2O5S/c1-3-32-20(29)18-13-26(16-7-9-17(10-8-16)33(2)31)21(30)27(19(18)28)12-14-5-4-6-15(11-14)22(23,24)25/h4-11,13H,3,12H2,1-2H3. The maximum absolute atomic E-state index is 13.1. The van der Waals surface area contributed by atoms with Crippen LogP contribution in [0.2, 0.25) is 0 Å². The lowest BCUT2D eigenvalue weighted by Gasteiger charge is -2.14. The second-order valence-electron chi connectivity index (χ2n) is 6.95. The monoisotopic (exact) mass is 480 g/mol. The van der Waals surface area contributed by atoms with E-state index in [0.717, 1.165) is 22.9 Å². The maximum Gasteiger partial charge on any atom is 0.416 e. The molecule has 1 aromatic heterocycles. The van der Waals surface area contributed by atoms with E-state index in [4.69, 9.17) is 4.74 Å². The summed E-state index contributed by atoms with van der Waals surface area (Å²) in [6.07, 6.45) is -2.09. The van der Waals surface area contributed by atoms with Gasteiger partial charge in [0.15, 0.2) is 0 Å². The summed E-state index contributed by atoms with van der Waals surface area (Å²) in [6, 6.07) is 10.2. The fourth-order valence-electron chi connectivity index (χ4n) is 3.10. The molecule has 0 radical (unpaired) electrons. The van der Waals surface area contributed by atoms with Crippen LogP contribution in [-0.4, -0.2) is 32.2 Å². The molecule has 0 spiro atoms. The van der Waals surface area contributed by atoms with Crippen molar-refractivity contribution in [2.45, 2.75) is 24.5 Å². The van der Waals surface area contributed by atoms with E-state index in [1.165, 1.54) is 42.7 Å². The Morgan fingerprint density at radius 3 is 2.33 bits per heavy atom. The number of nitrogens with zero attached hydrogens (tertiary/aromatic N) is 2. The number of ether oxygens (including phenoxy) is 1. The van der Waals surface area contributed by atoms with E-state index < -0.39 is 51.9 Å². The summed E-state index contributed by atoms with van der Waals surface area (Å²) in [7, 11) is -1.27. The molecule has 3 rings (SSSR count). The lowest BCUT2D eigenvalue weighted by molar-refractivity contribution is -0.137. The highest BCUT2D eigenvalue weighted by atomic mass is 32.2. The summed E-state index contributed by atoms with van der Waals surface area (Å²) in [4.78, 5) is 38.9. The zero-order valence-electron chi connectivity index (χ0n) is 17.6. The van der Waals surface area contributed by atoms with Crippen LogP contribution in [0, 0.1) is 0 Å². The minimum absolute atomic E-state index is 0.0258. The average Bonchev–Trinajstić information content (AvgIpc) is 2.76. The Bertz CT molecular complexity index is 1330. The van der Waals surface area contributed by atoms with Crippen molar-refractivity contribution < 1.29 is 26.9 Å². The van der Waals surface area contributed by atoms with E-state index in [9.17, 15) is 31.8 Å². The zero-order chi connectivity index (χ0) is 24.3. The molecule has 0 fully saturated rings. The maximum atomic E-state index is 13.1. The Balaban J connectivity index is 2.19. The summed E-state index contributed by atoms with van der Waals surface area (Å²) in [6.45, 7) is 1.02. The van der Waals surface area contributed by atoms with Gasteiger partial charge in [0.2, 0.25) is 0 Å². The van der Waals surface area contributed by atoms with Gasteiger partial charge in [0.25, 0.3) is 5.56 Å². The molecule has 0 saturated heterocycles. The number of hydrogen-bond acceptors (Lipinski definition) is 5. The van der Waals surface area contributed by atoms with Gasteiger partial charge in [-0.1, -0.05) is 12.1 Å². The minimum atomic E-state index is -4.60. The summed E-state index contributed by atoms with van der Waals surface area (Å²) in [5, 5.41) is 0. The van der Waals surface area contributed by atoms with Crippen molar-refractivity contribution in [3.8, 4) is 5.69 Å². The number of carbonyl (C=O) groups excluding carboxylic acids is 1. The van der Waals surface area contributed by atoms with Gasteiger partial charge in [-0.05, 0) is 48.9 Å². The highest BCUT2D eigenvalue weighted by Gasteiger charge is 2.30. The van der Waals surface area contributed by atoms with Crippen molar-refractivity contribution in [2.24, 2.45) is 0 Å². The number of benzene rings is 2. The Hall–Kier alpha value is -3.47. The van der Waals surface area contributed by atoms with Gasteiger partial charge in [0.1, 0.15) is 5.56 Å². The molecule has 0 N–H and O–H groups in total. The molecular formula is C22H19F3N2O5S. The second kappa shape index (κ2) is 9.57. The van der Waals surface area contributed by atoms with Gasteiger partial charge in [-0.25, -0.2) is 9.59 Å². The van der Waals surface area contributed by atoms with Crippen molar-refractivity contribution in [3.05, 3.63) is 92.3 Å². The topological polar surface area (TPSA) is 87.4 Å². The Kier molecular flexibility index (Phi) is 7.01. The van der Waals surface area contributed by atoms with E-state index in [2.05, 4.69) is 0 Å². The Labute approximate surface area is 188 Å². The number of aromatic nitrogens is 2. The SMILES string of the molecule is CCOC(=O)c1cn(-c2ccc(S(C)=O)cc2)c(=O)n(Cc2cccc(C(F)(F)F)c2)c1=O. The first-order chi connectivity index (χ1) is 15.5. The van der Waals surface area contributed by atoms with E-state index in [0.29, 0.717) is 9.46 Å². The van der Waals surface area contributed by atoms with Crippen LogP contribution in [0.15, 0.2) is 69.2 Å². The average molecular weight is 480 g/mol. The molecule has 0 bridgehead atoms. The van der Waals surface area contributed by atoms with Gasteiger partial charge in [0, 0.05) is 28.1 Å². The molecule has 0 saturated carbocycles. The quantitative estimate of drug-likeness (QED) is 0.507. The molecule has 0 amide bonds. The van der Waals surface area contributed by atoms with Gasteiger partial charge in [-0.3, -0.25) is 18.1 Å². The lowest BCUT2D eigenvalue weighted by atomic mass is 10.1. The van der Waals surface area contributed by atoms with Crippen LogP contribution >= 0.6 is 0 Å². The first kappa shape index (κ1) is 24.2. The molecule has 1 unspecified atom stereocenters. The van der Waals surface area contributed by atoms with Crippen molar-refractivity contribution in [1.29, 1.82) is 0 Å². The van der Waals surface area contributed by atoms with Crippen molar-refractivity contribution in [1.82, 2.24) is 9.13 Å². The summed E-state index contributed by atoms with van der Waals surface area (Å²) < 4.78 is 57.5. The Morgan fingerprint density at radius 1 is 1.09 bits per heavy atom. The van der Waals surface area contributed by atoms with Crippen LogP contribution in [0.5, 0.6) is 0 Å². The number of esters is 1. The van der Waals surface area contributed by atoms with Crippen LogP contribution in [0.3, 0.4) is 0 Å². The van der Waals surface area contributed by atoms with Gasteiger partial charge in [-0.2, -0.15) is 13.2 Å². The highest BCUT2D eigenvalue weighted by Crippen LogP contribution is 2.29. The molecule has 1 heterocycles. The minimum Gasteiger partial charge on any atom is -0.462 e. The van der Waals surface area contributed by atoms with Crippen LogP contribution in [0.25, 0.3) is 5.69 Å².